The molecule has 0 aliphatic rings. The molecule has 3 heterocycles. The summed E-state index contributed by atoms with van der Waals surface area (Å²) in [7, 11) is 0. The number of benzene rings is 7. The minimum Gasteiger partial charge on any atom is -0.309 e. The van der Waals surface area contributed by atoms with Gasteiger partial charge in [-0.25, -0.2) is 15.0 Å². The molecule has 0 N–H and O–H groups in total. The van der Waals surface area contributed by atoms with Gasteiger partial charge in [0.2, 0.25) is 0 Å². The molecular formula is C45H28N4S. The van der Waals surface area contributed by atoms with E-state index in [0.29, 0.717) is 17.5 Å². The Morgan fingerprint density at radius 2 is 0.980 bits per heavy atom. The Bertz CT molecular complexity index is 2800. The van der Waals surface area contributed by atoms with E-state index >= 15 is 0 Å². The van der Waals surface area contributed by atoms with Gasteiger partial charge in [-0.15, -0.1) is 11.3 Å². The Labute approximate surface area is 292 Å². The predicted octanol–water partition coefficient (Wildman–Crippen LogP) is 12.0. The second kappa shape index (κ2) is 11.6. The third-order valence-corrected chi connectivity index (χ3v) is 10.7. The SMILES string of the molecule is c1ccc(-c2nc(-c3ccccc3)nc(-c3cccc4c3sc3cc(-c5cccc6c5c5ccccc5n6-c5ccccc5)ccc34)n2)cc1. The molecule has 0 aliphatic carbocycles. The highest BCUT2D eigenvalue weighted by Gasteiger charge is 2.19. The molecule has 0 saturated heterocycles. The highest BCUT2D eigenvalue weighted by atomic mass is 32.1. The van der Waals surface area contributed by atoms with Crippen molar-refractivity contribution in [2.45, 2.75) is 0 Å². The van der Waals surface area contributed by atoms with E-state index < -0.39 is 0 Å². The number of fused-ring (bicyclic) bond motifs is 6. The summed E-state index contributed by atoms with van der Waals surface area (Å²) in [4.78, 5) is 15.0. The van der Waals surface area contributed by atoms with Crippen molar-refractivity contribution < 1.29 is 0 Å². The van der Waals surface area contributed by atoms with Crippen molar-refractivity contribution in [3.05, 3.63) is 170 Å². The molecule has 3 aromatic heterocycles. The van der Waals surface area contributed by atoms with Gasteiger partial charge in [0, 0.05) is 53.3 Å². The predicted molar refractivity (Wildman–Crippen MR) is 209 cm³/mol. The van der Waals surface area contributed by atoms with E-state index in [0.717, 1.165) is 22.4 Å². The minimum atomic E-state index is 0.664. The van der Waals surface area contributed by atoms with E-state index in [4.69, 9.17) is 15.0 Å². The van der Waals surface area contributed by atoms with Gasteiger partial charge >= 0.3 is 0 Å². The number of hydrogen-bond acceptors (Lipinski definition) is 4. The first-order chi connectivity index (χ1) is 24.8. The molecule has 5 heteroatoms. The number of nitrogens with zero attached hydrogens (tertiary/aromatic N) is 4. The number of aromatic nitrogens is 4. The van der Waals surface area contributed by atoms with Crippen molar-refractivity contribution >= 4 is 53.3 Å². The smallest absolute Gasteiger partial charge is 0.165 e. The zero-order valence-corrected chi connectivity index (χ0v) is 27.7. The molecule has 0 radical (unpaired) electrons. The van der Waals surface area contributed by atoms with Gasteiger partial charge in [0.05, 0.1) is 11.0 Å². The van der Waals surface area contributed by atoms with Crippen molar-refractivity contribution in [2.24, 2.45) is 0 Å². The normalized spacial score (nSPS) is 11.6. The Hall–Kier alpha value is -6.43. The van der Waals surface area contributed by atoms with Crippen LogP contribution in [0.4, 0.5) is 0 Å². The Morgan fingerprint density at radius 1 is 0.400 bits per heavy atom. The average molecular weight is 657 g/mol. The summed E-state index contributed by atoms with van der Waals surface area (Å²) in [6.07, 6.45) is 0. The fraction of sp³-hybridized carbons (Fsp3) is 0. The first-order valence-electron chi connectivity index (χ1n) is 16.7. The van der Waals surface area contributed by atoms with E-state index in [2.05, 4.69) is 114 Å². The first-order valence-corrected chi connectivity index (χ1v) is 17.5. The molecule has 10 aromatic rings. The summed E-state index contributed by atoms with van der Waals surface area (Å²) < 4.78 is 4.78. The number of rotatable bonds is 5. The van der Waals surface area contributed by atoms with Gasteiger partial charge < -0.3 is 4.57 Å². The molecular weight excluding hydrogens is 629 g/mol. The van der Waals surface area contributed by atoms with Gasteiger partial charge in [0.25, 0.3) is 0 Å². The number of para-hydroxylation sites is 2. The molecule has 50 heavy (non-hydrogen) atoms. The van der Waals surface area contributed by atoms with Crippen molar-refractivity contribution in [1.29, 1.82) is 0 Å². The largest absolute Gasteiger partial charge is 0.309 e. The van der Waals surface area contributed by atoms with Crippen LogP contribution in [0.25, 0.3) is 93.0 Å². The maximum atomic E-state index is 5.06. The van der Waals surface area contributed by atoms with Crippen molar-refractivity contribution in [2.75, 3.05) is 0 Å². The third kappa shape index (κ3) is 4.63. The molecule has 0 unspecified atom stereocenters. The Balaban J connectivity index is 1.16. The van der Waals surface area contributed by atoms with Crippen LogP contribution in [0.5, 0.6) is 0 Å². The van der Waals surface area contributed by atoms with Gasteiger partial charge in [-0.2, -0.15) is 0 Å². The van der Waals surface area contributed by atoms with Crippen molar-refractivity contribution in [3.63, 3.8) is 0 Å². The lowest BCUT2D eigenvalue weighted by atomic mass is 9.98. The lowest BCUT2D eigenvalue weighted by molar-refractivity contribution is 1.08. The Morgan fingerprint density at radius 3 is 1.72 bits per heavy atom. The summed E-state index contributed by atoms with van der Waals surface area (Å²) in [6, 6.07) is 59.7. The molecule has 7 aromatic carbocycles. The molecule has 0 amide bonds. The maximum Gasteiger partial charge on any atom is 0.165 e. The van der Waals surface area contributed by atoms with Gasteiger partial charge in [-0.05, 0) is 47.5 Å². The summed E-state index contributed by atoms with van der Waals surface area (Å²) in [5.74, 6) is 2.00. The van der Waals surface area contributed by atoms with Crippen LogP contribution >= 0.6 is 11.3 Å². The zero-order chi connectivity index (χ0) is 33.0. The molecule has 0 aliphatic heterocycles. The van der Waals surface area contributed by atoms with Crippen LogP contribution in [0, 0.1) is 0 Å². The minimum absolute atomic E-state index is 0.664. The molecule has 10 rings (SSSR count). The number of hydrogen-bond donors (Lipinski definition) is 0. The van der Waals surface area contributed by atoms with Crippen LogP contribution in [-0.4, -0.2) is 19.5 Å². The van der Waals surface area contributed by atoms with E-state index in [1.807, 2.05) is 60.7 Å². The Kier molecular flexibility index (Phi) is 6.64. The third-order valence-electron chi connectivity index (χ3n) is 9.46. The highest BCUT2D eigenvalue weighted by Crippen LogP contribution is 2.43. The fourth-order valence-electron chi connectivity index (χ4n) is 7.19. The standard InChI is InChI=1S/C45H28N4S/c1-4-14-29(15-5-1)43-46-44(30-16-6-2-7-17-30)48-45(47-43)37-23-12-22-35-34-27-26-31(28-40(34)50-42(35)37)33-21-13-25-39-41(33)36-20-10-11-24-38(36)49(39)32-18-8-3-9-19-32/h1-28H. The van der Waals surface area contributed by atoms with E-state index in [1.165, 1.54) is 53.1 Å². The average Bonchev–Trinajstić information content (AvgIpc) is 3.74. The summed E-state index contributed by atoms with van der Waals surface area (Å²) in [6.45, 7) is 0. The molecule has 4 nitrogen and oxygen atoms in total. The van der Waals surface area contributed by atoms with E-state index in [1.54, 1.807) is 11.3 Å². The monoisotopic (exact) mass is 656 g/mol. The van der Waals surface area contributed by atoms with Gasteiger partial charge in [-0.3, -0.25) is 0 Å². The highest BCUT2D eigenvalue weighted by molar-refractivity contribution is 7.26. The van der Waals surface area contributed by atoms with Gasteiger partial charge in [-0.1, -0.05) is 133 Å². The van der Waals surface area contributed by atoms with Crippen molar-refractivity contribution in [3.8, 4) is 51.0 Å². The second-order valence-electron chi connectivity index (χ2n) is 12.4. The van der Waals surface area contributed by atoms with Crippen LogP contribution in [0.3, 0.4) is 0 Å². The summed E-state index contributed by atoms with van der Waals surface area (Å²) in [5.41, 5.74) is 8.93. The quantitative estimate of drug-likeness (QED) is 0.185. The van der Waals surface area contributed by atoms with Crippen molar-refractivity contribution in [1.82, 2.24) is 19.5 Å². The fourth-order valence-corrected chi connectivity index (χ4v) is 8.44. The van der Waals surface area contributed by atoms with Gasteiger partial charge in [0.1, 0.15) is 0 Å². The topological polar surface area (TPSA) is 43.6 Å². The van der Waals surface area contributed by atoms with Gasteiger partial charge in [0.15, 0.2) is 17.5 Å². The summed E-state index contributed by atoms with van der Waals surface area (Å²) >= 11 is 1.80. The van der Waals surface area contributed by atoms with Crippen LogP contribution < -0.4 is 0 Å². The molecule has 0 bridgehead atoms. The molecule has 0 spiro atoms. The van der Waals surface area contributed by atoms with Crippen LogP contribution in [0.15, 0.2) is 170 Å². The second-order valence-corrected chi connectivity index (χ2v) is 13.5. The number of thiophene rings is 1. The molecule has 234 valence electrons. The zero-order valence-electron chi connectivity index (χ0n) is 26.9. The lowest BCUT2D eigenvalue weighted by Crippen LogP contribution is -2.00. The molecule has 0 saturated carbocycles. The van der Waals surface area contributed by atoms with Crippen LogP contribution in [-0.2, 0) is 0 Å². The lowest BCUT2D eigenvalue weighted by Gasteiger charge is -2.09. The molecule has 0 fully saturated rings. The summed E-state index contributed by atoms with van der Waals surface area (Å²) in [5, 5.41) is 4.95. The maximum absolute atomic E-state index is 5.06. The van der Waals surface area contributed by atoms with E-state index in [9.17, 15) is 0 Å². The first kappa shape index (κ1) is 28.6. The van der Waals surface area contributed by atoms with Crippen LogP contribution in [0.1, 0.15) is 0 Å². The molecule has 0 atom stereocenters. The van der Waals surface area contributed by atoms with Crippen LogP contribution in [0.2, 0.25) is 0 Å². The van der Waals surface area contributed by atoms with E-state index in [-0.39, 0.29) is 0 Å².